The summed E-state index contributed by atoms with van der Waals surface area (Å²) < 4.78 is 37.9. The highest BCUT2D eigenvalue weighted by Crippen LogP contribution is 2.33. The number of nitrogens with zero attached hydrogens (tertiary/aromatic N) is 3. The van der Waals surface area contributed by atoms with Crippen LogP contribution in [0.4, 0.5) is 13.2 Å². The van der Waals surface area contributed by atoms with Crippen molar-refractivity contribution in [1.29, 1.82) is 0 Å². The maximum Gasteiger partial charge on any atom is 0.401 e. The van der Waals surface area contributed by atoms with Crippen LogP contribution in [0.2, 0.25) is 0 Å². The number of likely N-dealkylation sites (tertiary alicyclic amines) is 1. The summed E-state index contributed by atoms with van der Waals surface area (Å²) in [7, 11) is 0. The first-order valence-electron chi connectivity index (χ1n) is 7.22. The minimum atomic E-state index is -4.12. The zero-order valence-corrected chi connectivity index (χ0v) is 11.7. The monoisotopic (exact) mass is 297 g/mol. The molecule has 0 saturated carbocycles. The maximum atomic E-state index is 12.6. The number of alkyl halides is 3. The number of fused-ring (bicyclic) bond motifs is 2. The number of hydrogen-bond donors (Lipinski definition) is 0. The Balaban J connectivity index is 1.66. The van der Waals surface area contributed by atoms with Crippen LogP contribution in [0.1, 0.15) is 12.8 Å². The van der Waals surface area contributed by atoms with Gasteiger partial charge in [-0.3, -0.25) is 9.89 Å². The molecule has 0 aromatic carbocycles. The molecule has 0 N–H and O–H groups in total. The zero-order chi connectivity index (χ0) is 15.0. The van der Waals surface area contributed by atoms with Gasteiger partial charge in [0.15, 0.2) is 0 Å². The van der Waals surface area contributed by atoms with Gasteiger partial charge in [-0.2, -0.15) is 13.2 Å². The standard InChI is InChI=1S/C15H18F3N3/c1-2-11-3-6-14(19-7-11)20-8-12-4-5-13(9-20)21(12)10-15(16,17)18/h1,3,6,11-13H,4-5,7-10H2. The Morgan fingerprint density at radius 2 is 1.95 bits per heavy atom. The molecule has 3 aliphatic heterocycles. The number of hydrogen-bond acceptors (Lipinski definition) is 3. The van der Waals surface area contributed by atoms with Gasteiger partial charge in [-0.05, 0) is 18.9 Å². The quantitative estimate of drug-likeness (QED) is 0.689. The van der Waals surface area contributed by atoms with E-state index in [2.05, 4.69) is 15.8 Å². The predicted octanol–water partition coefficient (Wildman–Crippen LogP) is 1.92. The summed E-state index contributed by atoms with van der Waals surface area (Å²) in [6.07, 6.45) is 6.77. The molecule has 0 aromatic rings. The summed E-state index contributed by atoms with van der Waals surface area (Å²) in [6.45, 7) is 1.02. The van der Waals surface area contributed by atoms with Gasteiger partial charge in [0.05, 0.1) is 19.0 Å². The highest BCUT2D eigenvalue weighted by molar-refractivity contribution is 5.93. The maximum absolute atomic E-state index is 12.6. The molecule has 21 heavy (non-hydrogen) atoms. The number of piperazine rings is 1. The Labute approximate surface area is 122 Å². The molecule has 0 amide bonds. The second-order valence-electron chi connectivity index (χ2n) is 5.91. The highest BCUT2D eigenvalue weighted by atomic mass is 19.4. The zero-order valence-electron chi connectivity index (χ0n) is 11.7. The second-order valence-corrected chi connectivity index (χ2v) is 5.91. The van der Waals surface area contributed by atoms with Crippen LogP contribution in [0.3, 0.4) is 0 Å². The van der Waals surface area contributed by atoms with Gasteiger partial charge in [0.1, 0.15) is 5.84 Å². The fourth-order valence-corrected chi connectivity index (χ4v) is 3.46. The van der Waals surface area contributed by atoms with E-state index in [4.69, 9.17) is 6.42 Å². The Morgan fingerprint density at radius 3 is 2.43 bits per heavy atom. The van der Waals surface area contributed by atoms with Crippen molar-refractivity contribution in [2.75, 3.05) is 26.2 Å². The number of amidine groups is 1. The van der Waals surface area contributed by atoms with Crippen molar-refractivity contribution in [3.63, 3.8) is 0 Å². The van der Waals surface area contributed by atoms with E-state index in [-0.39, 0.29) is 18.0 Å². The Hall–Kier alpha value is -1.48. The van der Waals surface area contributed by atoms with Crippen LogP contribution in [-0.4, -0.2) is 60.1 Å². The summed E-state index contributed by atoms with van der Waals surface area (Å²) in [4.78, 5) is 8.20. The lowest BCUT2D eigenvalue weighted by atomic mass is 10.1. The summed E-state index contributed by atoms with van der Waals surface area (Å²) in [5.41, 5.74) is 0. The van der Waals surface area contributed by atoms with Crippen molar-refractivity contribution in [3.8, 4) is 12.3 Å². The number of rotatable bonds is 1. The lowest BCUT2D eigenvalue weighted by molar-refractivity contribution is -0.156. The van der Waals surface area contributed by atoms with Crippen molar-refractivity contribution in [1.82, 2.24) is 9.80 Å². The van der Waals surface area contributed by atoms with Crippen LogP contribution in [-0.2, 0) is 0 Å². The molecule has 6 heteroatoms. The number of aliphatic imine (C=N–C) groups is 1. The van der Waals surface area contributed by atoms with Crippen molar-refractivity contribution in [2.24, 2.45) is 10.9 Å². The van der Waals surface area contributed by atoms with Crippen molar-refractivity contribution in [2.45, 2.75) is 31.1 Å². The van der Waals surface area contributed by atoms with E-state index in [0.717, 1.165) is 18.7 Å². The van der Waals surface area contributed by atoms with Gasteiger partial charge in [0.2, 0.25) is 0 Å². The molecule has 3 atom stereocenters. The van der Waals surface area contributed by atoms with Gasteiger partial charge in [-0.15, -0.1) is 6.42 Å². The van der Waals surface area contributed by atoms with Crippen LogP contribution in [0.25, 0.3) is 0 Å². The van der Waals surface area contributed by atoms with Gasteiger partial charge in [0.25, 0.3) is 0 Å². The molecule has 2 fully saturated rings. The molecule has 0 aliphatic carbocycles. The Morgan fingerprint density at radius 1 is 1.29 bits per heavy atom. The number of dihydropyridines is 1. The van der Waals surface area contributed by atoms with E-state index in [9.17, 15) is 13.2 Å². The van der Waals surface area contributed by atoms with Gasteiger partial charge < -0.3 is 4.90 Å². The first-order valence-corrected chi connectivity index (χ1v) is 7.22. The van der Waals surface area contributed by atoms with Crippen LogP contribution in [0, 0.1) is 18.3 Å². The topological polar surface area (TPSA) is 18.8 Å². The van der Waals surface area contributed by atoms with Gasteiger partial charge in [0, 0.05) is 25.2 Å². The molecule has 0 radical (unpaired) electrons. The van der Waals surface area contributed by atoms with E-state index < -0.39 is 12.7 Å². The SMILES string of the molecule is C#CC1C=CC(N2CC3CCC(C2)N3CC(F)(F)F)=NC1. The van der Waals surface area contributed by atoms with Crippen LogP contribution < -0.4 is 0 Å². The molecular formula is C15H18F3N3. The average Bonchev–Trinajstić information content (AvgIpc) is 2.68. The summed E-state index contributed by atoms with van der Waals surface area (Å²) in [5.74, 6) is 3.55. The van der Waals surface area contributed by atoms with Crippen molar-refractivity contribution in [3.05, 3.63) is 12.2 Å². The molecule has 3 aliphatic rings. The molecule has 3 heterocycles. The lowest BCUT2D eigenvalue weighted by Crippen LogP contribution is -2.57. The number of terminal acetylenes is 1. The Bertz CT molecular complexity index is 489. The molecular weight excluding hydrogens is 279 g/mol. The summed E-state index contributed by atoms with van der Waals surface area (Å²) in [6, 6.07) is -0.0429. The minimum Gasteiger partial charge on any atom is -0.354 e. The minimum absolute atomic E-state index is 0.0215. The average molecular weight is 297 g/mol. The molecule has 114 valence electrons. The fraction of sp³-hybridized carbons (Fsp3) is 0.667. The van der Waals surface area contributed by atoms with E-state index in [1.165, 1.54) is 0 Å². The molecule has 3 unspecified atom stereocenters. The molecule has 2 bridgehead atoms. The molecule has 0 aromatic heterocycles. The van der Waals surface area contributed by atoms with Crippen LogP contribution in [0.5, 0.6) is 0 Å². The third kappa shape index (κ3) is 3.08. The van der Waals surface area contributed by atoms with E-state index in [1.54, 1.807) is 4.90 Å². The summed E-state index contributed by atoms with van der Waals surface area (Å²) in [5, 5.41) is 0. The first kappa shape index (κ1) is 14.5. The highest BCUT2D eigenvalue weighted by Gasteiger charge is 2.45. The van der Waals surface area contributed by atoms with Gasteiger partial charge >= 0.3 is 6.18 Å². The van der Waals surface area contributed by atoms with Crippen molar-refractivity contribution >= 4 is 5.84 Å². The van der Waals surface area contributed by atoms with Crippen LogP contribution >= 0.6 is 0 Å². The van der Waals surface area contributed by atoms with Crippen LogP contribution in [0.15, 0.2) is 17.1 Å². The normalized spacial score (nSPS) is 33.0. The van der Waals surface area contributed by atoms with Crippen molar-refractivity contribution < 1.29 is 13.2 Å². The largest absolute Gasteiger partial charge is 0.401 e. The van der Waals surface area contributed by atoms with E-state index in [0.29, 0.717) is 19.6 Å². The second kappa shape index (κ2) is 5.38. The predicted molar refractivity (Wildman–Crippen MR) is 74.9 cm³/mol. The van der Waals surface area contributed by atoms with Gasteiger partial charge in [-0.1, -0.05) is 12.0 Å². The first-order chi connectivity index (χ1) is 9.96. The Kier molecular flexibility index (Phi) is 3.70. The lowest BCUT2D eigenvalue weighted by Gasteiger charge is -2.42. The molecule has 2 saturated heterocycles. The molecule has 0 spiro atoms. The van der Waals surface area contributed by atoms with E-state index in [1.807, 2.05) is 12.2 Å². The molecule has 3 nitrogen and oxygen atoms in total. The number of halogens is 3. The third-order valence-corrected chi connectivity index (χ3v) is 4.46. The molecule has 3 rings (SSSR count). The van der Waals surface area contributed by atoms with Gasteiger partial charge in [-0.25, -0.2) is 0 Å². The smallest absolute Gasteiger partial charge is 0.354 e. The third-order valence-electron chi connectivity index (χ3n) is 4.46. The summed E-state index contributed by atoms with van der Waals surface area (Å²) >= 11 is 0. The fourth-order valence-electron chi connectivity index (χ4n) is 3.46. The van der Waals surface area contributed by atoms with E-state index >= 15 is 0 Å².